The van der Waals surface area contributed by atoms with Gasteiger partial charge in [-0.1, -0.05) is 146 Å². The second kappa shape index (κ2) is 38.5. The van der Waals surface area contributed by atoms with Crippen molar-refractivity contribution in [1.29, 1.82) is 0 Å². The van der Waals surface area contributed by atoms with Crippen LogP contribution in [0.4, 0.5) is 0 Å². The van der Waals surface area contributed by atoms with E-state index in [0.717, 1.165) is 77.0 Å². The van der Waals surface area contributed by atoms with Crippen molar-refractivity contribution in [3.63, 3.8) is 0 Å². The van der Waals surface area contributed by atoms with Gasteiger partial charge in [-0.25, -0.2) is 4.57 Å². The summed E-state index contributed by atoms with van der Waals surface area (Å²) < 4.78 is 34.3. The Balaban J connectivity index is 4.39. The SMILES string of the molecule is CCCCC/C=C/C/C=C/CCCCCCCCCC(=O)OC[C@H](COP(=O)(O)OCC[N+](C)(C)C)OC(=O)CCCCCCC/C=C/C=C/CCCCCC. The van der Waals surface area contributed by atoms with Crippen LogP contribution in [0.5, 0.6) is 0 Å². The van der Waals surface area contributed by atoms with Crippen LogP contribution >= 0.6 is 7.82 Å². The van der Waals surface area contributed by atoms with Crippen LogP contribution in [-0.2, 0) is 32.7 Å². The Morgan fingerprint density at radius 3 is 1.55 bits per heavy atom. The van der Waals surface area contributed by atoms with E-state index in [9.17, 15) is 19.0 Å². The third-order valence-electron chi connectivity index (χ3n) is 9.36. The molecule has 0 radical (unpaired) electrons. The number of carbonyl (C=O) groups is 2. The summed E-state index contributed by atoms with van der Waals surface area (Å²) in [7, 11) is 1.46. The molecule has 56 heavy (non-hydrogen) atoms. The molecule has 0 aromatic heterocycles. The molecular weight excluding hydrogens is 725 g/mol. The van der Waals surface area contributed by atoms with Crippen LogP contribution in [0, 0.1) is 0 Å². The van der Waals surface area contributed by atoms with Crippen LogP contribution < -0.4 is 0 Å². The van der Waals surface area contributed by atoms with Crippen molar-refractivity contribution in [2.45, 2.75) is 187 Å². The quantitative estimate of drug-likeness (QED) is 0.0163. The standard InChI is InChI=1S/C46H84NO8P/c1-6-8-10-12-14-16-18-20-22-23-25-26-28-30-32-34-36-38-45(48)52-42-44(43-54-56(50,51)53-41-40-47(3,4)5)55-46(49)39-37-35-33-31-29-27-24-21-19-17-15-13-11-9-7-2/h14,16-17,19-22,24,44H,6-13,15,18,23,25-43H2,1-5H3/p+1/b16-14+,19-17+,22-20+,24-21+/t44-/m1/s1. The molecule has 0 fully saturated rings. The number of nitrogens with zero attached hydrogens (tertiary/aromatic N) is 1. The average Bonchev–Trinajstić information content (AvgIpc) is 3.15. The average molecular weight is 811 g/mol. The van der Waals surface area contributed by atoms with Crippen LogP contribution in [0.1, 0.15) is 181 Å². The highest BCUT2D eigenvalue weighted by molar-refractivity contribution is 7.47. The second-order valence-electron chi connectivity index (χ2n) is 16.1. The molecule has 0 aliphatic carbocycles. The maximum Gasteiger partial charge on any atom is 0.472 e. The van der Waals surface area contributed by atoms with Gasteiger partial charge in [-0.2, -0.15) is 0 Å². The molecule has 0 amide bonds. The summed E-state index contributed by atoms with van der Waals surface area (Å²) >= 11 is 0. The lowest BCUT2D eigenvalue weighted by Gasteiger charge is -2.24. The fourth-order valence-electron chi connectivity index (χ4n) is 5.80. The highest BCUT2D eigenvalue weighted by Crippen LogP contribution is 2.43. The van der Waals surface area contributed by atoms with Crippen molar-refractivity contribution < 1.29 is 42.1 Å². The largest absolute Gasteiger partial charge is 0.472 e. The number of ether oxygens (including phenoxy) is 2. The Morgan fingerprint density at radius 2 is 1.02 bits per heavy atom. The van der Waals surface area contributed by atoms with Gasteiger partial charge >= 0.3 is 19.8 Å². The summed E-state index contributed by atoms with van der Waals surface area (Å²) in [4.78, 5) is 35.4. The molecule has 1 N–H and O–H groups in total. The zero-order valence-corrected chi connectivity index (χ0v) is 37.5. The van der Waals surface area contributed by atoms with Gasteiger partial charge in [0.15, 0.2) is 6.10 Å². The first-order valence-corrected chi connectivity index (χ1v) is 23.9. The first kappa shape index (κ1) is 54.0. The molecule has 0 aromatic rings. The van der Waals surface area contributed by atoms with E-state index < -0.39 is 26.5 Å². The molecule has 0 saturated heterocycles. The normalized spacial score (nSPS) is 14.0. The van der Waals surface area contributed by atoms with E-state index in [1.165, 1.54) is 70.6 Å². The minimum atomic E-state index is -4.38. The fraction of sp³-hybridized carbons (Fsp3) is 0.783. The predicted molar refractivity (Wildman–Crippen MR) is 233 cm³/mol. The van der Waals surface area contributed by atoms with Gasteiger partial charge in [0.05, 0.1) is 27.7 Å². The maximum atomic E-state index is 12.7. The van der Waals surface area contributed by atoms with Crippen molar-refractivity contribution in [3.8, 4) is 0 Å². The second-order valence-corrected chi connectivity index (χ2v) is 17.6. The number of carbonyl (C=O) groups excluding carboxylic acids is 2. The molecule has 0 aromatic carbocycles. The number of likely N-dealkylation sites (N-methyl/N-ethyl adjacent to an activating group) is 1. The monoisotopic (exact) mass is 811 g/mol. The molecule has 1 unspecified atom stereocenters. The van der Waals surface area contributed by atoms with Crippen LogP contribution in [0.25, 0.3) is 0 Å². The third kappa shape index (κ3) is 41.6. The molecule has 326 valence electrons. The zero-order valence-electron chi connectivity index (χ0n) is 36.6. The Kier molecular flexibility index (Phi) is 37.1. The highest BCUT2D eigenvalue weighted by atomic mass is 31.2. The molecule has 10 heteroatoms. The van der Waals surface area contributed by atoms with E-state index in [0.29, 0.717) is 17.4 Å². The number of hydrogen-bond acceptors (Lipinski definition) is 7. The summed E-state index contributed by atoms with van der Waals surface area (Å²) in [6.07, 6.45) is 44.3. The van der Waals surface area contributed by atoms with Crippen molar-refractivity contribution >= 4 is 19.8 Å². The molecule has 0 heterocycles. The van der Waals surface area contributed by atoms with Crippen LogP contribution in [0.15, 0.2) is 48.6 Å². The molecule has 0 spiro atoms. The smallest absolute Gasteiger partial charge is 0.462 e. The van der Waals surface area contributed by atoms with E-state index >= 15 is 0 Å². The van der Waals surface area contributed by atoms with Gasteiger partial charge in [0.2, 0.25) is 0 Å². The van der Waals surface area contributed by atoms with E-state index in [2.05, 4.69) is 62.5 Å². The number of quaternary nitrogens is 1. The van der Waals surface area contributed by atoms with Gasteiger partial charge in [-0.15, -0.1) is 0 Å². The van der Waals surface area contributed by atoms with Crippen molar-refractivity contribution in [1.82, 2.24) is 0 Å². The lowest BCUT2D eigenvalue weighted by atomic mass is 10.1. The molecule has 0 aliphatic heterocycles. The van der Waals surface area contributed by atoms with Gasteiger partial charge in [0.25, 0.3) is 0 Å². The van der Waals surface area contributed by atoms with Crippen molar-refractivity contribution in [2.24, 2.45) is 0 Å². The first-order chi connectivity index (χ1) is 27.0. The Morgan fingerprint density at radius 1 is 0.571 bits per heavy atom. The van der Waals surface area contributed by atoms with E-state index in [4.69, 9.17) is 18.5 Å². The minimum absolute atomic E-state index is 0.0257. The van der Waals surface area contributed by atoms with Crippen LogP contribution in [0.2, 0.25) is 0 Å². The molecule has 0 aliphatic rings. The van der Waals surface area contributed by atoms with E-state index in [-0.39, 0.29) is 32.0 Å². The summed E-state index contributed by atoms with van der Waals surface area (Å²) in [5, 5.41) is 0. The van der Waals surface area contributed by atoms with Crippen LogP contribution in [0.3, 0.4) is 0 Å². The Bertz CT molecular complexity index is 1100. The molecule has 9 nitrogen and oxygen atoms in total. The van der Waals surface area contributed by atoms with Crippen molar-refractivity contribution in [2.75, 3.05) is 47.5 Å². The number of phosphoric ester groups is 1. The van der Waals surface area contributed by atoms with Crippen LogP contribution in [-0.4, -0.2) is 74.9 Å². The molecule has 0 rings (SSSR count). The third-order valence-corrected chi connectivity index (χ3v) is 10.3. The molecule has 0 saturated carbocycles. The fourth-order valence-corrected chi connectivity index (χ4v) is 6.54. The molecular formula is C46H85NO8P+. The number of hydrogen-bond donors (Lipinski definition) is 1. The van der Waals surface area contributed by atoms with Gasteiger partial charge in [0.1, 0.15) is 19.8 Å². The number of allylic oxidation sites excluding steroid dienone is 8. The highest BCUT2D eigenvalue weighted by Gasteiger charge is 2.27. The summed E-state index contributed by atoms with van der Waals surface area (Å²) in [6, 6.07) is 0. The van der Waals surface area contributed by atoms with Gasteiger partial charge in [-0.05, 0) is 70.6 Å². The van der Waals surface area contributed by atoms with Gasteiger partial charge in [-0.3, -0.25) is 18.6 Å². The molecule has 2 atom stereocenters. The van der Waals surface area contributed by atoms with Gasteiger partial charge < -0.3 is 18.9 Å². The number of rotatable bonds is 40. The van der Waals surface area contributed by atoms with Gasteiger partial charge in [0, 0.05) is 12.8 Å². The van der Waals surface area contributed by atoms with E-state index in [1.54, 1.807) is 0 Å². The maximum absolute atomic E-state index is 12.7. The first-order valence-electron chi connectivity index (χ1n) is 22.4. The Hall–Kier alpha value is -2.03. The Labute approximate surface area is 343 Å². The summed E-state index contributed by atoms with van der Waals surface area (Å²) in [5.74, 6) is -0.826. The predicted octanol–water partition coefficient (Wildman–Crippen LogP) is 12.7. The van der Waals surface area contributed by atoms with Crippen molar-refractivity contribution in [3.05, 3.63) is 48.6 Å². The summed E-state index contributed by atoms with van der Waals surface area (Å²) in [6.45, 7) is 4.34. The molecule has 0 bridgehead atoms. The zero-order chi connectivity index (χ0) is 41.4. The minimum Gasteiger partial charge on any atom is -0.462 e. The topological polar surface area (TPSA) is 108 Å². The summed E-state index contributed by atoms with van der Waals surface area (Å²) in [5.41, 5.74) is 0. The number of unbranched alkanes of at least 4 members (excludes halogenated alkanes) is 19. The lowest BCUT2D eigenvalue weighted by molar-refractivity contribution is -0.870. The number of phosphoric acid groups is 1. The number of esters is 2. The van der Waals surface area contributed by atoms with E-state index in [1.807, 2.05) is 21.1 Å². The lowest BCUT2D eigenvalue weighted by Crippen LogP contribution is -2.37.